The normalized spacial score (nSPS) is 24.0. The highest BCUT2D eigenvalue weighted by molar-refractivity contribution is 5.91. The van der Waals surface area contributed by atoms with Gasteiger partial charge in [-0.1, -0.05) is 0 Å². The lowest BCUT2D eigenvalue weighted by Gasteiger charge is -2.29. The molecule has 0 aromatic rings. The molecule has 2 aliphatic heterocycles. The van der Waals surface area contributed by atoms with Crippen LogP contribution in [0.3, 0.4) is 0 Å². The molecule has 0 N–H and O–H groups in total. The minimum absolute atomic E-state index is 0.645. The van der Waals surface area contributed by atoms with E-state index in [0.717, 1.165) is 25.7 Å². The number of ether oxygens (including phenoxy) is 1. The third kappa shape index (κ3) is 0.903. The Bertz CT molecular complexity index is 187. The summed E-state index contributed by atoms with van der Waals surface area (Å²) in [4.78, 5) is 10.2. The first-order valence-electron chi connectivity index (χ1n) is 3.34. The summed E-state index contributed by atoms with van der Waals surface area (Å²) in [5, 5.41) is 0. The monoisotopic (exact) mass is 139 g/mol. The van der Waals surface area contributed by atoms with Crippen LogP contribution in [0.15, 0.2) is 9.98 Å². The van der Waals surface area contributed by atoms with Crippen molar-refractivity contribution in [2.24, 2.45) is 9.98 Å². The number of aliphatic imine (C=N–C) groups is 2. The Morgan fingerprint density at radius 3 is 3.50 bits per heavy atom. The largest absolute Gasteiger partial charge is 0.372 e. The fourth-order valence-corrected chi connectivity index (χ4v) is 1.07. The molecule has 0 amide bonds. The lowest BCUT2D eigenvalue weighted by Crippen LogP contribution is -2.43. The van der Waals surface area contributed by atoms with Crippen LogP contribution in [-0.2, 0) is 4.74 Å². The van der Waals surface area contributed by atoms with Crippen LogP contribution >= 0.6 is 0 Å². The summed E-state index contributed by atoms with van der Waals surface area (Å²) in [6.07, 6.45) is 1.60. The van der Waals surface area contributed by atoms with Gasteiger partial charge in [-0.3, -0.25) is 4.99 Å². The number of fused-ring (bicyclic) bond motifs is 1. The van der Waals surface area contributed by atoms with E-state index >= 15 is 0 Å². The van der Waals surface area contributed by atoms with Crippen LogP contribution in [0, 0.1) is 0 Å². The zero-order valence-electron chi connectivity index (χ0n) is 5.66. The van der Waals surface area contributed by atoms with Crippen LogP contribution in [0.25, 0.3) is 0 Å². The van der Waals surface area contributed by atoms with Crippen molar-refractivity contribution in [3.63, 3.8) is 0 Å². The minimum atomic E-state index is 0.645. The lowest BCUT2D eigenvalue weighted by atomic mass is 10.4. The molecule has 2 rings (SSSR count). The van der Waals surface area contributed by atoms with E-state index in [0.29, 0.717) is 6.61 Å². The van der Waals surface area contributed by atoms with Gasteiger partial charge in [-0.05, 0) is 0 Å². The van der Waals surface area contributed by atoms with Crippen LogP contribution in [0.4, 0.5) is 0 Å². The fraction of sp³-hybridized carbons (Fsp3) is 0.667. The SMILES string of the molecule is C1=NCN2CCOCC2=N1. The number of hydrogen-bond acceptors (Lipinski definition) is 4. The highest BCUT2D eigenvalue weighted by Gasteiger charge is 2.16. The standard InChI is InChI=1S/C6H9N3O/c1-2-10-3-6-8-4-7-5-9(1)6/h4H,1-3,5H2. The Kier molecular flexibility index (Phi) is 1.39. The van der Waals surface area contributed by atoms with Gasteiger partial charge in [0.25, 0.3) is 0 Å². The van der Waals surface area contributed by atoms with E-state index in [-0.39, 0.29) is 0 Å². The molecule has 4 heteroatoms. The van der Waals surface area contributed by atoms with Gasteiger partial charge in [-0.25, -0.2) is 4.99 Å². The van der Waals surface area contributed by atoms with E-state index in [1.165, 1.54) is 0 Å². The number of morpholine rings is 1. The van der Waals surface area contributed by atoms with Crippen molar-refractivity contribution in [3.05, 3.63) is 0 Å². The molecule has 0 aromatic heterocycles. The number of hydrogen-bond donors (Lipinski definition) is 0. The maximum Gasteiger partial charge on any atom is 0.134 e. The van der Waals surface area contributed by atoms with Crippen molar-refractivity contribution in [1.29, 1.82) is 0 Å². The quantitative estimate of drug-likeness (QED) is 0.462. The third-order valence-corrected chi connectivity index (χ3v) is 1.64. The van der Waals surface area contributed by atoms with Gasteiger partial charge in [-0.2, -0.15) is 0 Å². The maximum absolute atomic E-state index is 5.20. The second-order valence-corrected chi connectivity index (χ2v) is 2.30. The van der Waals surface area contributed by atoms with Crippen LogP contribution in [0.1, 0.15) is 0 Å². The molecule has 0 unspecified atom stereocenters. The first-order valence-corrected chi connectivity index (χ1v) is 3.34. The summed E-state index contributed by atoms with van der Waals surface area (Å²) >= 11 is 0. The Hall–Kier alpha value is -0.900. The molecule has 2 aliphatic rings. The highest BCUT2D eigenvalue weighted by atomic mass is 16.5. The average Bonchev–Trinajstić information content (AvgIpc) is 2.05. The summed E-state index contributed by atoms with van der Waals surface area (Å²) in [7, 11) is 0. The molecule has 54 valence electrons. The Morgan fingerprint density at radius 1 is 1.60 bits per heavy atom. The van der Waals surface area contributed by atoms with Crippen LogP contribution in [0.2, 0.25) is 0 Å². The molecule has 4 nitrogen and oxygen atoms in total. The summed E-state index contributed by atoms with van der Waals surface area (Å²) in [5.74, 6) is 1.02. The van der Waals surface area contributed by atoms with Crippen molar-refractivity contribution in [2.75, 3.05) is 26.4 Å². The molecule has 1 fully saturated rings. The van der Waals surface area contributed by atoms with Gasteiger partial charge in [0.2, 0.25) is 0 Å². The number of amidine groups is 1. The molecule has 0 saturated carbocycles. The second kappa shape index (κ2) is 2.38. The second-order valence-electron chi connectivity index (χ2n) is 2.30. The van der Waals surface area contributed by atoms with Gasteiger partial charge in [0.05, 0.1) is 6.61 Å². The van der Waals surface area contributed by atoms with Crippen molar-refractivity contribution in [2.45, 2.75) is 0 Å². The molecule has 0 bridgehead atoms. The van der Waals surface area contributed by atoms with Gasteiger partial charge in [0.1, 0.15) is 25.4 Å². The predicted octanol–water partition coefficient (Wildman–Crippen LogP) is -0.284. The first-order chi connectivity index (χ1) is 4.97. The highest BCUT2D eigenvalue weighted by Crippen LogP contribution is 2.02. The predicted molar refractivity (Wildman–Crippen MR) is 38.3 cm³/mol. The molecule has 0 spiro atoms. The Morgan fingerprint density at radius 2 is 2.60 bits per heavy atom. The molecule has 0 atom stereocenters. The molecule has 2 heterocycles. The Balaban J connectivity index is 2.14. The number of rotatable bonds is 0. The van der Waals surface area contributed by atoms with Crippen molar-refractivity contribution >= 4 is 12.2 Å². The zero-order chi connectivity index (χ0) is 6.81. The molecule has 0 radical (unpaired) electrons. The van der Waals surface area contributed by atoms with Gasteiger partial charge in [0.15, 0.2) is 0 Å². The Labute approximate surface area is 59.2 Å². The summed E-state index contributed by atoms with van der Waals surface area (Å²) in [6, 6.07) is 0. The van der Waals surface area contributed by atoms with E-state index in [2.05, 4.69) is 14.9 Å². The maximum atomic E-state index is 5.20. The molecule has 0 aliphatic carbocycles. The fourth-order valence-electron chi connectivity index (χ4n) is 1.07. The lowest BCUT2D eigenvalue weighted by molar-refractivity contribution is 0.116. The summed E-state index contributed by atoms with van der Waals surface area (Å²) < 4.78 is 5.20. The van der Waals surface area contributed by atoms with Crippen molar-refractivity contribution < 1.29 is 4.74 Å². The van der Waals surface area contributed by atoms with Crippen LogP contribution < -0.4 is 0 Å². The van der Waals surface area contributed by atoms with Gasteiger partial charge in [0, 0.05) is 6.54 Å². The van der Waals surface area contributed by atoms with Crippen LogP contribution in [-0.4, -0.2) is 43.5 Å². The average molecular weight is 139 g/mol. The van der Waals surface area contributed by atoms with Gasteiger partial charge < -0.3 is 9.64 Å². The molecular formula is C6H9N3O. The van der Waals surface area contributed by atoms with Crippen LogP contribution in [0.5, 0.6) is 0 Å². The van der Waals surface area contributed by atoms with E-state index in [1.807, 2.05) is 0 Å². The number of nitrogens with zero attached hydrogens (tertiary/aromatic N) is 3. The van der Waals surface area contributed by atoms with E-state index in [1.54, 1.807) is 6.34 Å². The molecule has 0 aromatic carbocycles. The topological polar surface area (TPSA) is 37.2 Å². The minimum Gasteiger partial charge on any atom is -0.372 e. The van der Waals surface area contributed by atoms with Gasteiger partial charge >= 0.3 is 0 Å². The summed E-state index contributed by atoms with van der Waals surface area (Å²) in [6.45, 7) is 3.12. The molecule has 1 saturated heterocycles. The van der Waals surface area contributed by atoms with E-state index in [4.69, 9.17) is 4.74 Å². The zero-order valence-corrected chi connectivity index (χ0v) is 5.66. The van der Waals surface area contributed by atoms with Crippen molar-refractivity contribution in [1.82, 2.24) is 4.90 Å². The smallest absolute Gasteiger partial charge is 0.134 e. The summed E-state index contributed by atoms with van der Waals surface area (Å²) in [5.41, 5.74) is 0. The molecule has 10 heavy (non-hydrogen) atoms. The first kappa shape index (κ1) is 5.85. The van der Waals surface area contributed by atoms with Gasteiger partial charge in [-0.15, -0.1) is 0 Å². The van der Waals surface area contributed by atoms with Crippen molar-refractivity contribution in [3.8, 4) is 0 Å². The van der Waals surface area contributed by atoms with E-state index in [9.17, 15) is 0 Å². The molecular weight excluding hydrogens is 130 g/mol. The third-order valence-electron chi connectivity index (χ3n) is 1.64. The van der Waals surface area contributed by atoms with E-state index < -0.39 is 0 Å².